The van der Waals surface area contributed by atoms with Crippen molar-refractivity contribution in [2.75, 3.05) is 16.8 Å². The number of halogens is 1. The summed E-state index contributed by atoms with van der Waals surface area (Å²) in [5, 5.41) is 2.98. The Morgan fingerprint density at radius 2 is 2.31 bits per heavy atom. The minimum Gasteiger partial charge on any atom is -0.326 e. The Hall–Kier alpha value is -0.480. The number of anilines is 1. The third-order valence-electron chi connectivity index (χ3n) is 2.61. The van der Waals surface area contributed by atoms with E-state index in [1.165, 1.54) is 0 Å². The second kappa shape index (κ2) is 5.23. The largest absolute Gasteiger partial charge is 0.326 e. The molecule has 0 radical (unpaired) electrons. The molecule has 0 aromatic heterocycles. The summed E-state index contributed by atoms with van der Waals surface area (Å²) in [6.45, 7) is 2.02. The molecule has 1 unspecified atom stereocenters. The molecule has 2 nitrogen and oxygen atoms in total. The molecule has 1 aromatic carbocycles. The van der Waals surface area contributed by atoms with Crippen LogP contribution in [0.2, 0.25) is 0 Å². The summed E-state index contributed by atoms with van der Waals surface area (Å²) in [6, 6.07) is 5.96. The average Bonchev–Trinajstić information content (AvgIpc) is 2.68. The number of carbonyl (C=O) groups is 1. The molecule has 1 N–H and O–H groups in total. The molecular formula is C12H14BrNOS. The van der Waals surface area contributed by atoms with E-state index in [1.54, 1.807) is 0 Å². The molecule has 1 fully saturated rings. The van der Waals surface area contributed by atoms with Gasteiger partial charge < -0.3 is 5.32 Å². The molecule has 1 atom stereocenters. The molecule has 86 valence electrons. The van der Waals surface area contributed by atoms with Gasteiger partial charge in [-0.15, -0.1) is 0 Å². The minimum absolute atomic E-state index is 0.155. The first-order valence-electron chi connectivity index (χ1n) is 5.31. The first kappa shape index (κ1) is 12.0. The Labute approximate surface area is 108 Å². The first-order chi connectivity index (χ1) is 7.65. The van der Waals surface area contributed by atoms with Crippen LogP contribution in [-0.2, 0) is 4.79 Å². The molecule has 1 aliphatic heterocycles. The van der Waals surface area contributed by atoms with Crippen LogP contribution in [0.15, 0.2) is 22.7 Å². The highest BCUT2D eigenvalue weighted by atomic mass is 79.9. The molecule has 1 amide bonds. The van der Waals surface area contributed by atoms with Crippen molar-refractivity contribution in [2.24, 2.45) is 5.92 Å². The number of benzene rings is 1. The van der Waals surface area contributed by atoms with Crippen LogP contribution in [-0.4, -0.2) is 17.4 Å². The number of rotatable bonds is 2. The van der Waals surface area contributed by atoms with Crippen LogP contribution in [0.4, 0.5) is 5.69 Å². The summed E-state index contributed by atoms with van der Waals surface area (Å²) in [5.74, 6) is 2.40. The van der Waals surface area contributed by atoms with Crippen LogP contribution >= 0.6 is 27.7 Å². The van der Waals surface area contributed by atoms with E-state index >= 15 is 0 Å². The molecule has 1 saturated heterocycles. The number of thioether (sulfide) groups is 1. The molecule has 1 heterocycles. The van der Waals surface area contributed by atoms with Crippen molar-refractivity contribution < 1.29 is 4.79 Å². The van der Waals surface area contributed by atoms with Gasteiger partial charge in [-0.05, 0) is 42.9 Å². The molecule has 0 aliphatic carbocycles. The van der Waals surface area contributed by atoms with Gasteiger partial charge in [-0.1, -0.05) is 15.9 Å². The van der Waals surface area contributed by atoms with Crippen molar-refractivity contribution >= 4 is 39.3 Å². The second-order valence-electron chi connectivity index (χ2n) is 4.07. The smallest absolute Gasteiger partial charge is 0.228 e. The van der Waals surface area contributed by atoms with E-state index in [0.29, 0.717) is 0 Å². The number of hydrogen-bond donors (Lipinski definition) is 1. The zero-order valence-electron chi connectivity index (χ0n) is 9.13. The standard InChI is InChI=1S/C12H14BrNOS/c1-8-4-10(13)6-11(5-8)14-12(15)9-2-3-16-7-9/h4-6,9H,2-3,7H2,1H3,(H,14,15). The van der Waals surface area contributed by atoms with Gasteiger partial charge in [0, 0.05) is 21.8 Å². The highest BCUT2D eigenvalue weighted by Crippen LogP contribution is 2.25. The van der Waals surface area contributed by atoms with Gasteiger partial charge in [0.2, 0.25) is 5.91 Å². The summed E-state index contributed by atoms with van der Waals surface area (Å²) in [6.07, 6.45) is 1.00. The zero-order valence-corrected chi connectivity index (χ0v) is 11.5. The predicted molar refractivity (Wildman–Crippen MR) is 72.9 cm³/mol. The number of nitrogens with one attached hydrogen (secondary N) is 1. The highest BCUT2D eigenvalue weighted by molar-refractivity contribution is 9.10. The SMILES string of the molecule is Cc1cc(Br)cc(NC(=O)C2CCSC2)c1. The molecular weight excluding hydrogens is 286 g/mol. The minimum atomic E-state index is 0.155. The second-order valence-corrected chi connectivity index (χ2v) is 6.13. The van der Waals surface area contributed by atoms with Crippen LogP contribution in [0.3, 0.4) is 0 Å². The summed E-state index contributed by atoms with van der Waals surface area (Å²) < 4.78 is 1.00. The molecule has 16 heavy (non-hydrogen) atoms. The van der Waals surface area contributed by atoms with Crippen LogP contribution in [0.25, 0.3) is 0 Å². The third-order valence-corrected chi connectivity index (χ3v) is 4.23. The van der Waals surface area contributed by atoms with E-state index < -0.39 is 0 Å². The number of aryl methyl sites for hydroxylation is 1. The van der Waals surface area contributed by atoms with Crippen molar-refractivity contribution in [2.45, 2.75) is 13.3 Å². The number of amides is 1. The number of carbonyl (C=O) groups excluding carboxylic acids is 1. The van der Waals surface area contributed by atoms with E-state index in [1.807, 2.05) is 36.9 Å². The van der Waals surface area contributed by atoms with Gasteiger partial charge in [0.25, 0.3) is 0 Å². The van der Waals surface area contributed by atoms with Crippen molar-refractivity contribution in [3.05, 3.63) is 28.2 Å². The van der Waals surface area contributed by atoms with Crippen LogP contribution in [0.1, 0.15) is 12.0 Å². The Morgan fingerprint density at radius 1 is 1.50 bits per heavy atom. The molecule has 0 bridgehead atoms. The predicted octanol–water partition coefficient (Wildman–Crippen LogP) is 3.45. The Balaban J connectivity index is 2.05. The van der Waals surface area contributed by atoms with E-state index in [-0.39, 0.29) is 11.8 Å². The molecule has 2 rings (SSSR count). The third kappa shape index (κ3) is 3.01. The molecule has 0 spiro atoms. The fraction of sp³-hybridized carbons (Fsp3) is 0.417. The van der Waals surface area contributed by atoms with Gasteiger partial charge in [0.1, 0.15) is 0 Å². The summed E-state index contributed by atoms with van der Waals surface area (Å²) >= 11 is 5.29. The Morgan fingerprint density at radius 3 is 2.94 bits per heavy atom. The summed E-state index contributed by atoms with van der Waals surface area (Å²) in [4.78, 5) is 11.9. The maximum atomic E-state index is 11.9. The van der Waals surface area contributed by atoms with Crippen LogP contribution in [0.5, 0.6) is 0 Å². The van der Waals surface area contributed by atoms with Gasteiger partial charge in [0.05, 0.1) is 0 Å². The van der Waals surface area contributed by atoms with Gasteiger partial charge in [0.15, 0.2) is 0 Å². The topological polar surface area (TPSA) is 29.1 Å². The fourth-order valence-electron chi connectivity index (χ4n) is 1.79. The summed E-state index contributed by atoms with van der Waals surface area (Å²) in [7, 11) is 0. The first-order valence-corrected chi connectivity index (χ1v) is 7.26. The zero-order chi connectivity index (χ0) is 11.5. The molecule has 1 aromatic rings. The molecule has 4 heteroatoms. The lowest BCUT2D eigenvalue weighted by Gasteiger charge is -2.10. The lowest BCUT2D eigenvalue weighted by molar-refractivity contribution is -0.119. The maximum absolute atomic E-state index is 11.9. The van der Waals surface area contributed by atoms with Gasteiger partial charge in [-0.25, -0.2) is 0 Å². The van der Waals surface area contributed by atoms with Gasteiger partial charge in [-0.3, -0.25) is 4.79 Å². The van der Waals surface area contributed by atoms with Crippen molar-refractivity contribution in [3.8, 4) is 0 Å². The van der Waals surface area contributed by atoms with E-state index in [2.05, 4.69) is 21.2 Å². The monoisotopic (exact) mass is 299 g/mol. The molecule has 0 saturated carbocycles. The maximum Gasteiger partial charge on any atom is 0.228 e. The Bertz CT molecular complexity index is 382. The number of hydrogen-bond acceptors (Lipinski definition) is 2. The van der Waals surface area contributed by atoms with E-state index in [4.69, 9.17) is 0 Å². The molecule has 1 aliphatic rings. The van der Waals surface area contributed by atoms with Crippen molar-refractivity contribution in [1.82, 2.24) is 0 Å². The van der Waals surface area contributed by atoms with E-state index in [9.17, 15) is 4.79 Å². The normalized spacial score (nSPS) is 19.8. The average molecular weight is 300 g/mol. The lowest BCUT2D eigenvalue weighted by atomic mass is 10.1. The fourth-order valence-corrected chi connectivity index (χ4v) is 3.62. The van der Waals surface area contributed by atoms with Crippen molar-refractivity contribution in [1.29, 1.82) is 0 Å². The van der Waals surface area contributed by atoms with Crippen LogP contribution < -0.4 is 5.32 Å². The van der Waals surface area contributed by atoms with E-state index in [0.717, 1.165) is 33.7 Å². The highest BCUT2D eigenvalue weighted by Gasteiger charge is 2.23. The summed E-state index contributed by atoms with van der Waals surface area (Å²) in [5.41, 5.74) is 2.03. The Kier molecular flexibility index (Phi) is 3.92. The quantitative estimate of drug-likeness (QED) is 0.906. The van der Waals surface area contributed by atoms with Gasteiger partial charge >= 0.3 is 0 Å². The van der Waals surface area contributed by atoms with Crippen LogP contribution in [0, 0.1) is 12.8 Å². The van der Waals surface area contributed by atoms with Crippen molar-refractivity contribution in [3.63, 3.8) is 0 Å². The van der Waals surface area contributed by atoms with Gasteiger partial charge in [-0.2, -0.15) is 11.8 Å². The lowest BCUT2D eigenvalue weighted by Crippen LogP contribution is -2.22.